The number of carbonyl (C=O) groups excluding carboxylic acids is 1. The number of hydrogen-bond acceptors (Lipinski definition) is 2. The van der Waals surface area contributed by atoms with E-state index in [1.165, 1.54) is 0 Å². The molecule has 0 aliphatic rings. The first-order chi connectivity index (χ1) is 7.65. The molecule has 0 saturated carbocycles. The summed E-state index contributed by atoms with van der Waals surface area (Å²) in [5, 5.41) is 0. The number of carbonyl (C=O) groups is 1. The Morgan fingerprint density at radius 1 is 1.38 bits per heavy atom. The van der Waals surface area contributed by atoms with E-state index in [4.69, 9.17) is 27.9 Å². The zero-order valence-electron chi connectivity index (χ0n) is 8.69. The summed E-state index contributed by atoms with van der Waals surface area (Å²) in [4.78, 5) is 14.1. The number of hydrogen-bond donors (Lipinski definition) is 0. The van der Waals surface area contributed by atoms with Crippen molar-refractivity contribution >= 4 is 35.0 Å². The molecule has 1 rings (SSSR count). The van der Waals surface area contributed by atoms with E-state index in [2.05, 4.69) is 4.99 Å². The summed E-state index contributed by atoms with van der Waals surface area (Å²) in [5.74, 6) is 0. The minimum Gasteiger partial charge on any atom is -0.448 e. The second kappa shape index (κ2) is 6.51. The van der Waals surface area contributed by atoms with E-state index in [-0.39, 0.29) is 6.61 Å². The summed E-state index contributed by atoms with van der Waals surface area (Å²) in [7, 11) is 0. The molecular formula is C11H11Cl2NO2. The fourth-order valence-electron chi connectivity index (χ4n) is 1.10. The first-order valence-corrected chi connectivity index (χ1v) is 5.61. The molecule has 0 radical (unpaired) electrons. The normalized spacial score (nSPS) is 11.6. The van der Waals surface area contributed by atoms with Gasteiger partial charge in [0.25, 0.3) is 0 Å². The van der Waals surface area contributed by atoms with E-state index >= 15 is 0 Å². The molecular weight excluding hydrogens is 249 g/mol. The van der Waals surface area contributed by atoms with E-state index in [1.54, 1.807) is 19.1 Å². The Bertz CT molecular complexity index is 377. The van der Waals surface area contributed by atoms with Crippen molar-refractivity contribution in [2.75, 3.05) is 6.61 Å². The summed E-state index contributed by atoms with van der Waals surface area (Å²) in [6.45, 7) is 1.97. The van der Waals surface area contributed by atoms with Gasteiger partial charge in [0.2, 0.25) is 0 Å². The van der Waals surface area contributed by atoms with Crippen molar-refractivity contribution in [2.45, 2.75) is 11.8 Å². The predicted octanol–water partition coefficient (Wildman–Crippen LogP) is 3.44. The molecule has 0 bridgehead atoms. The third-order valence-corrected chi connectivity index (χ3v) is 2.17. The quantitative estimate of drug-likeness (QED) is 0.616. The molecule has 0 saturated heterocycles. The highest BCUT2D eigenvalue weighted by molar-refractivity contribution is 6.56. The molecule has 0 aromatic heterocycles. The van der Waals surface area contributed by atoms with E-state index in [0.717, 1.165) is 0 Å². The average molecular weight is 260 g/mol. The molecule has 5 heteroatoms. The van der Waals surface area contributed by atoms with Crippen LogP contribution in [0.1, 0.15) is 12.5 Å². The first kappa shape index (κ1) is 13.0. The van der Waals surface area contributed by atoms with Gasteiger partial charge in [-0.05, 0) is 12.5 Å². The summed E-state index contributed by atoms with van der Waals surface area (Å²) >= 11 is 11.5. The summed E-state index contributed by atoms with van der Waals surface area (Å²) in [6, 6.07) is 9.02. The van der Waals surface area contributed by atoms with Crippen molar-refractivity contribution in [1.82, 2.24) is 0 Å². The van der Waals surface area contributed by atoms with Gasteiger partial charge in [-0.25, -0.2) is 4.79 Å². The number of halogens is 2. The third kappa shape index (κ3) is 3.83. The van der Waals surface area contributed by atoms with Crippen LogP contribution in [0.5, 0.6) is 0 Å². The molecule has 1 amide bonds. The Balaban J connectivity index is 2.96. The molecule has 0 unspecified atom stereocenters. The molecule has 1 aromatic rings. The number of rotatable bonds is 3. The van der Waals surface area contributed by atoms with Crippen LogP contribution in [0.15, 0.2) is 35.3 Å². The second-order valence-electron chi connectivity index (χ2n) is 2.86. The van der Waals surface area contributed by atoms with Gasteiger partial charge in [0.05, 0.1) is 12.3 Å². The summed E-state index contributed by atoms with van der Waals surface area (Å²) in [5.41, 5.74) is 0.993. The number of benzene rings is 1. The van der Waals surface area contributed by atoms with Crippen LogP contribution in [0.3, 0.4) is 0 Å². The molecule has 0 spiro atoms. The fourth-order valence-corrected chi connectivity index (χ4v) is 1.45. The highest BCUT2D eigenvalue weighted by Gasteiger charge is 2.14. The molecule has 86 valence electrons. The monoisotopic (exact) mass is 259 g/mol. The minimum atomic E-state index is -0.869. The molecule has 0 aliphatic carbocycles. The summed E-state index contributed by atoms with van der Waals surface area (Å²) < 4.78 is 4.70. The maximum Gasteiger partial charge on any atom is 0.433 e. The summed E-state index contributed by atoms with van der Waals surface area (Å²) in [6.07, 6.45) is -0.687. The highest BCUT2D eigenvalue weighted by Crippen LogP contribution is 2.13. The lowest BCUT2D eigenvalue weighted by Gasteiger charge is -2.06. The lowest BCUT2D eigenvalue weighted by atomic mass is 10.1. The Kier molecular flexibility index (Phi) is 5.29. The molecule has 16 heavy (non-hydrogen) atoms. The van der Waals surface area contributed by atoms with Crippen LogP contribution in [-0.4, -0.2) is 23.2 Å². The van der Waals surface area contributed by atoms with Crippen LogP contribution in [0.2, 0.25) is 0 Å². The first-order valence-electron chi connectivity index (χ1n) is 4.74. The third-order valence-electron chi connectivity index (χ3n) is 1.76. The van der Waals surface area contributed by atoms with Crippen molar-refractivity contribution in [3.63, 3.8) is 0 Å². The van der Waals surface area contributed by atoms with E-state index < -0.39 is 10.9 Å². The van der Waals surface area contributed by atoms with Crippen LogP contribution < -0.4 is 0 Å². The van der Waals surface area contributed by atoms with Crippen molar-refractivity contribution in [3.05, 3.63) is 35.9 Å². The zero-order valence-corrected chi connectivity index (χ0v) is 10.2. The van der Waals surface area contributed by atoms with E-state index in [0.29, 0.717) is 11.3 Å². The van der Waals surface area contributed by atoms with Gasteiger partial charge in [-0.3, -0.25) is 0 Å². The largest absolute Gasteiger partial charge is 0.448 e. The topological polar surface area (TPSA) is 38.7 Å². The van der Waals surface area contributed by atoms with Gasteiger partial charge < -0.3 is 4.74 Å². The molecule has 3 nitrogen and oxygen atoms in total. The molecule has 0 aliphatic heterocycles. The van der Waals surface area contributed by atoms with Crippen molar-refractivity contribution in [3.8, 4) is 0 Å². The molecule has 0 atom stereocenters. The predicted molar refractivity (Wildman–Crippen MR) is 65.5 cm³/mol. The fraction of sp³-hybridized carbons (Fsp3) is 0.273. The van der Waals surface area contributed by atoms with Crippen LogP contribution in [-0.2, 0) is 4.74 Å². The van der Waals surface area contributed by atoms with Gasteiger partial charge in [0, 0.05) is 0 Å². The van der Waals surface area contributed by atoms with Gasteiger partial charge in [0.1, 0.15) is 4.84 Å². The standard InChI is InChI=1S/C11H11Cl2NO2/c1-2-16-11(15)14-9(10(12)13)8-6-4-3-5-7-8/h3-7,10H,2H2,1H3. The Morgan fingerprint density at radius 2 is 2.00 bits per heavy atom. The molecule has 0 heterocycles. The maximum atomic E-state index is 11.2. The van der Waals surface area contributed by atoms with E-state index in [9.17, 15) is 4.79 Å². The van der Waals surface area contributed by atoms with Crippen LogP contribution in [0.4, 0.5) is 4.79 Å². The van der Waals surface area contributed by atoms with Crippen LogP contribution in [0.25, 0.3) is 0 Å². The zero-order chi connectivity index (χ0) is 12.0. The Hall–Kier alpha value is -1.06. The van der Waals surface area contributed by atoms with Gasteiger partial charge in [-0.1, -0.05) is 53.5 Å². The van der Waals surface area contributed by atoms with Crippen molar-refractivity contribution in [1.29, 1.82) is 0 Å². The smallest absolute Gasteiger partial charge is 0.433 e. The molecule has 0 N–H and O–H groups in total. The van der Waals surface area contributed by atoms with Crippen molar-refractivity contribution < 1.29 is 9.53 Å². The van der Waals surface area contributed by atoms with E-state index in [1.807, 2.05) is 18.2 Å². The molecule has 1 aromatic carbocycles. The Labute approximate surface area is 104 Å². The van der Waals surface area contributed by atoms with Gasteiger partial charge >= 0.3 is 6.09 Å². The SMILES string of the molecule is CCOC(=O)N=C(c1ccccc1)C(Cl)Cl. The lowest BCUT2D eigenvalue weighted by Crippen LogP contribution is -2.13. The lowest BCUT2D eigenvalue weighted by molar-refractivity contribution is 0.163. The van der Waals surface area contributed by atoms with Crippen LogP contribution in [0, 0.1) is 0 Å². The number of amides is 1. The number of aliphatic imine (C=N–C) groups is 1. The van der Waals surface area contributed by atoms with Gasteiger partial charge in [-0.2, -0.15) is 4.99 Å². The second-order valence-corrected chi connectivity index (χ2v) is 3.96. The number of alkyl halides is 2. The highest BCUT2D eigenvalue weighted by atomic mass is 35.5. The Morgan fingerprint density at radius 3 is 2.50 bits per heavy atom. The van der Waals surface area contributed by atoms with Crippen LogP contribution >= 0.6 is 23.2 Å². The number of nitrogens with zero attached hydrogens (tertiary/aromatic N) is 1. The number of ether oxygens (including phenoxy) is 1. The van der Waals surface area contributed by atoms with Gasteiger partial charge in [-0.15, -0.1) is 0 Å². The van der Waals surface area contributed by atoms with Crippen molar-refractivity contribution in [2.24, 2.45) is 4.99 Å². The average Bonchev–Trinajstić information content (AvgIpc) is 2.27. The minimum absolute atomic E-state index is 0.264. The van der Waals surface area contributed by atoms with Gasteiger partial charge in [0.15, 0.2) is 0 Å². The maximum absolute atomic E-state index is 11.2. The molecule has 0 fully saturated rings.